The average molecular weight is 385 g/mol. The van der Waals surface area contributed by atoms with Crippen molar-refractivity contribution in [3.8, 4) is 17.2 Å². The molecule has 0 saturated carbocycles. The van der Waals surface area contributed by atoms with Gasteiger partial charge in [-0.05, 0) is 31.7 Å². The predicted molar refractivity (Wildman–Crippen MR) is 108 cm³/mol. The second-order valence-corrected chi connectivity index (χ2v) is 7.60. The molecule has 7 heteroatoms. The summed E-state index contributed by atoms with van der Waals surface area (Å²) in [5.41, 5.74) is 2.34. The van der Waals surface area contributed by atoms with E-state index in [0.717, 1.165) is 46.4 Å². The minimum absolute atomic E-state index is 0.534. The normalized spacial score (nSPS) is 12.9. The molecule has 0 fully saturated rings. The van der Waals surface area contributed by atoms with Crippen LogP contribution < -0.4 is 19.5 Å². The first kappa shape index (κ1) is 17.9. The Balaban J connectivity index is 1.72. The molecule has 0 atom stereocenters. The Bertz CT molecular complexity index is 975. The number of rotatable bonds is 6. The fourth-order valence-corrected chi connectivity index (χ4v) is 4.96. The van der Waals surface area contributed by atoms with Crippen LogP contribution in [0, 0.1) is 6.92 Å². The van der Waals surface area contributed by atoms with Crippen molar-refractivity contribution in [2.75, 3.05) is 26.6 Å². The van der Waals surface area contributed by atoms with Crippen LogP contribution in [0.5, 0.6) is 17.2 Å². The van der Waals surface area contributed by atoms with Crippen molar-refractivity contribution < 1.29 is 14.2 Å². The van der Waals surface area contributed by atoms with Gasteiger partial charge >= 0.3 is 0 Å². The topological polar surface area (TPSA) is 65.5 Å². The molecule has 1 aliphatic rings. The molecule has 142 valence electrons. The number of thiophene rings is 1. The molecule has 0 amide bonds. The minimum atomic E-state index is 0.534. The van der Waals surface area contributed by atoms with Crippen LogP contribution in [0.3, 0.4) is 0 Å². The third kappa shape index (κ3) is 3.16. The highest BCUT2D eigenvalue weighted by Gasteiger charge is 2.22. The number of ether oxygens (including phenoxy) is 3. The van der Waals surface area contributed by atoms with E-state index in [0.29, 0.717) is 12.3 Å². The van der Waals surface area contributed by atoms with Gasteiger partial charge in [0.2, 0.25) is 0 Å². The molecule has 27 heavy (non-hydrogen) atoms. The van der Waals surface area contributed by atoms with Crippen LogP contribution in [0.15, 0.2) is 12.1 Å². The monoisotopic (exact) mass is 385 g/mol. The molecule has 0 aliphatic heterocycles. The quantitative estimate of drug-likeness (QED) is 0.688. The van der Waals surface area contributed by atoms with Crippen molar-refractivity contribution in [3.63, 3.8) is 0 Å². The maximum absolute atomic E-state index is 5.56. The van der Waals surface area contributed by atoms with Crippen LogP contribution in [-0.4, -0.2) is 31.3 Å². The van der Waals surface area contributed by atoms with Gasteiger partial charge in [0.1, 0.15) is 33.7 Å². The van der Waals surface area contributed by atoms with Crippen LogP contribution in [0.4, 0.5) is 5.82 Å². The summed E-state index contributed by atoms with van der Waals surface area (Å²) in [7, 11) is 4.93. The Morgan fingerprint density at radius 1 is 1.04 bits per heavy atom. The Labute approximate surface area is 162 Å². The Morgan fingerprint density at radius 2 is 1.78 bits per heavy atom. The number of hydrogen-bond donors (Lipinski definition) is 1. The molecule has 0 bridgehead atoms. The van der Waals surface area contributed by atoms with E-state index in [2.05, 4.69) is 15.3 Å². The Morgan fingerprint density at radius 3 is 2.44 bits per heavy atom. The lowest BCUT2D eigenvalue weighted by atomic mass is 10.1. The lowest BCUT2D eigenvalue weighted by molar-refractivity contribution is 0.369. The van der Waals surface area contributed by atoms with Crippen LogP contribution in [0.1, 0.15) is 28.2 Å². The smallest absolute Gasteiger partial charge is 0.139 e. The maximum Gasteiger partial charge on any atom is 0.139 e. The van der Waals surface area contributed by atoms with Crippen molar-refractivity contribution in [2.45, 2.75) is 32.7 Å². The molecule has 0 radical (unpaired) electrons. The molecule has 2 heterocycles. The summed E-state index contributed by atoms with van der Waals surface area (Å²) in [5.74, 6) is 3.80. The molecular weight excluding hydrogens is 362 g/mol. The highest BCUT2D eigenvalue weighted by atomic mass is 32.1. The molecule has 4 rings (SSSR count). The molecule has 1 aliphatic carbocycles. The second-order valence-electron chi connectivity index (χ2n) is 6.52. The van der Waals surface area contributed by atoms with Crippen LogP contribution >= 0.6 is 11.3 Å². The highest BCUT2D eigenvalue weighted by Crippen LogP contribution is 2.40. The SMILES string of the molecule is COc1cc(OC)c(CNc2nc(C)nc3sc4c(c23)CCC4)c(OC)c1. The first-order valence-electron chi connectivity index (χ1n) is 8.96. The van der Waals surface area contributed by atoms with Gasteiger partial charge in [-0.1, -0.05) is 0 Å². The number of nitrogens with one attached hydrogen (secondary N) is 1. The molecule has 1 N–H and O–H groups in total. The minimum Gasteiger partial charge on any atom is -0.496 e. The number of aryl methyl sites for hydroxylation is 3. The zero-order chi connectivity index (χ0) is 19.0. The van der Waals surface area contributed by atoms with Gasteiger partial charge in [0, 0.05) is 23.6 Å². The fraction of sp³-hybridized carbons (Fsp3) is 0.400. The molecule has 0 spiro atoms. The third-order valence-electron chi connectivity index (χ3n) is 4.93. The van der Waals surface area contributed by atoms with Crippen molar-refractivity contribution in [1.82, 2.24) is 9.97 Å². The summed E-state index contributed by atoms with van der Waals surface area (Å²) in [4.78, 5) is 11.9. The second kappa shape index (κ2) is 7.23. The predicted octanol–water partition coefficient (Wildman–Crippen LogP) is 4.13. The van der Waals surface area contributed by atoms with Gasteiger partial charge in [0.25, 0.3) is 0 Å². The number of fused-ring (bicyclic) bond motifs is 3. The number of nitrogens with zero attached hydrogens (tertiary/aromatic N) is 2. The zero-order valence-electron chi connectivity index (χ0n) is 16.0. The maximum atomic E-state index is 5.56. The van der Waals surface area contributed by atoms with E-state index in [4.69, 9.17) is 14.2 Å². The summed E-state index contributed by atoms with van der Waals surface area (Å²) in [6.45, 7) is 2.47. The summed E-state index contributed by atoms with van der Waals surface area (Å²) in [6, 6.07) is 3.73. The van der Waals surface area contributed by atoms with Crippen molar-refractivity contribution in [2.24, 2.45) is 0 Å². The number of aromatic nitrogens is 2. The van der Waals surface area contributed by atoms with E-state index in [9.17, 15) is 0 Å². The van der Waals surface area contributed by atoms with E-state index < -0.39 is 0 Å². The van der Waals surface area contributed by atoms with E-state index in [-0.39, 0.29) is 0 Å². The first-order valence-corrected chi connectivity index (χ1v) is 9.78. The standard InChI is InChI=1S/C20H23N3O3S/c1-11-22-19(18-13-6-5-7-17(13)27-20(18)23-11)21-10-14-15(25-3)8-12(24-2)9-16(14)26-4/h8-9H,5-7,10H2,1-4H3,(H,21,22,23). The first-order chi connectivity index (χ1) is 13.1. The van der Waals surface area contributed by atoms with Crippen molar-refractivity contribution in [1.29, 1.82) is 0 Å². The number of anilines is 1. The number of hydrogen-bond acceptors (Lipinski definition) is 7. The Kier molecular flexibility index (Phi) is 4.78. The fourth-order valence-electron chi connectivity index (χ4n) is 3.65. The van der Waals surface area contributed by atoms with Crippen LogP contribution in [-0.2, 0) is 19.4 Å². The average Bonchev–Trinajstić information content (AvgIpc) is 3.25. The molecule has 2 aromatic heterocycles. The van der Waals surface area contributed by atoms with Gasteiger partial charge in [-0.3, -0.25) is 0 Å². The van der Waals surface area contributed by atoms with Gasteiger partial charge < -0.3 is 19.5 Å². The summed E-state index contributed by atoms with van der Waals surface area (Å²) < 4.78 is 16.4. The van der Waals surface area contributed by atoms with Crippen molar-refractivity contribution >= 4 is 27.4 Å². The molecule has 6 nitrogen and oxygen atoms in total. The number of benzene rings is 1. The van der Waals surface area contributed by atoms with Gasteiger partial charge in [-0.15, -0.1) is 11.3 Å². The van der Waals surface area contributed by atoms with Gasteiger partial charge in [0.15, 0.2) is 0 Å². The van der Waals surface area contributed by atoms with Gasteiger partial charge in [0.05, 0.1) is 32.3 Å². The van der Waals surface area contributed by atoms with Crippen molar-refractivity contribution in [3.05, 3.63) is 34.0 Å². The molecule has 0 unspecified atom stereocenters. The summed E-state index contributed by atoms with van der Waals surface area (Å²) in [5, 5.41) is 4.67. The lowest BCUT2D eigenvalue weighted by Crippen LogP contribution is -2.07. The van der Waals surface area contributed by atoms with E-state index in [1.165, 1.54) is 22.2 Å². The van der Waals surface area contributed by atoms with Crippen LogP contribution in [0.2, 0.25) is 0 Å². The zero-order valence-corrected chi connectivity index (χ0v) is 16.8. The highest BCUT2D eigenvalue weighted by molar-refractivity contribution is 7.19. The van der Waals surface area contributed by atoms with Gasteiger partial charge in [-0.25, -0.2) is 9.97 Å². The molecular formula is C20H23N3O3S. The van der Waals surface area contributed by atoms with E-state index in [1.807, 2.05) is 19.1 Å². The largest absolute Gasteiger partial charge is 0.496 e. The number of methoxy groups -OCH3 is 3. The molecule has 0 saturated heterocycles. The molecule has 3 aromatic rings. The van der Waals surface area contributed by atoms with E-state index in [1.54, 1.807) is 32.7 Å². The molecule has 1 aromatic carbocycles. The third-order valence-corrected chi connectivity index (χ3v) is 6.11. The lowest BCUT2D eigenvalue weighted by Gasteiger charge is -2.16. The Hall–Kier alpha value is -2.54. The summed E-state index contributed by atoms with van der Waals surface area (Å²) in [6.07, 6.45) is 3.46. The van der Waals surface area contributed by atoms with Gasteiger partial charge in [-0.2, -0.15) is 0 Å². The van der Waals surface area contributed by atoms with E-state index >= 15 is 0 Å². The van der Waals surface area contributed by atoms with Crippen LogP contribution in [0.25, 0.3) is 10.2 Å². The summed E-state index contributed by atoms with van der Waals surface area (Å²) >= 11 is 1.80.